The van der Waals surface area contributed by atoms with E-state index in [2.05, 4.69) is 12.6 Å². The molecule has 1 rings (SSSR count). The minimum atomic E-state index is 0.0143. The highest BCUT2D eigenvalue weighted by Gasteiger charge is 1.96. The summed E-state index contributed by atoms with van der Waals surface area (Å²) in [5, 5.41) is 10.1. The van der Waals surface area contributed by atoms with Gasteiger partial charge in [-0.3, -0.25) is 0 Å². The molecule has 0 saturated heterocycles. The van der Waals surface area contributed by atoms with Gasteiger partial charge < -0.3 is 15.6 Å². The summed E-state index contributed by atoms with van der Waals surface area (Å²) in [6.45, 7) is 0.317. The van der Waals surface area contributed by atoms with Crippen LogP contribution in [0, 0.1) is 0 Å². The van der Waals surface area contributed by atoms with Crippen molar-refractivity contribution in [1.29, 1.82) is 0 Å². The first kappa shape index (κ1) is 10.9. The molecule has 0 spiro atoms. The summed E-state index contributed by atoms with van der Waals surface area (Å²) in [7, 11) is 0. The number of aliphatic hydroxyl groups is 1. The molecule has 0 saturated carbocycles. The molecule has 3 N–H and O–H groups in total. The third-order valence-electron chi connectivity index (χ3n) is 1.69. The second-order valence-corrected chi connectivity index (χ2v) is 2.94. The average Bonchev–Trinajstić information content (AvgIpc) is 2.26. The van der Waals surface area contributed by atoms with Crippen LogP contribution in [0.1, 0.15) is 5.56 Å². The van der Waals surface area contributed by atoms with Crippen LogP contribution in [0.2, 0.25) is 0 Å². The first-order valence-electron chi connectivity index (χ1n) is 4.22. The second-order valence-electron chi connectivity index (χ2n) is 2.68. The molecule has 0 radical (unpaired) electrons. The second kappa shape index (κ2) is 5.57. The maximum absolute atomic E-state index is 8.54. The van der Waals surface area contributed by atoms with Crippen LogP contribution in [0.25, 0.3) is 5.70 Å². The molecule has 0 bridgehead atoms. The molecule has 1 aromatic carbocycles. The van der Waals surface area contributed by atoms with Crippen molar-refractivity contribution >= 4 is 18.3 Å². The van der Waals surface area contributed by atoms with Crippen LogP contribution in [0.3, 0.4) is 0 Å². The molecule has 76 valence electrons. The van der Waals surface area contributed by atoms with Crippen molar-refractivity contribution in [3.8, 4) is 5.75 Å². The first-order chi connectivity index (χ1) is 6.77. The Labute approximate surface area is 88.6 Å². The van der Waals surface area contributed by atoms with Gasteiger partial charge in [-0.25, -0.2) is 0 Å². The van der Waals surface area contributed by atoms with Gasteiger partial charge in [-0.05, 0) is 35.2 Å². The number of hydrogen-bond acceptors (Lipinski definition) is 4. The Morgan fingerprint density at radius 1 is 1.43 bits per heavy atom. The Kier molecular flexibility index (Phi) is 4.35. The summed E-state index contributed by atoms with van der Waals surface area (Å²) in [6, 6.07) is 7.29. The van der Waals surface area contributed by atoms with Gasteiger partial charge in [0.25, 0.3) is 0 Å². The topological polar surface area (TPSA) is 55.5 Å². The van der Waals surface area contributed by atoms with E-state index in [1.54, 1.807) is 17.5 Å². The number of rotatable bonds is 4. The van der Waals surface area contributed by atoms with E-state index in [4.69, 9.17) is 15.6 Å². The van der Waals surface area contributed by atoms with Crippen LogP contribution < -0.4 is 10.5 Å². The highest BCUT2D eigenvalue weighted by atomic mass is 32.1. The van der Waals surface area contributed by atoms with Gasteiger partial charge in [0.15, 0.2) is 0 Å². The SMILES string of the molecule is N/C(=C\S)c1ccc(OCCO)cc1. The molecule has 0 aliphatic carbocycles. The fourth-order valence-electron chi connectivity index (χ4n) is 0.982. The number of benzene rings is 1. The summed E-state index contributed by atoms with van der Waals surface area (Å²) >= 11 is 3.96. The Balaban J connectivity index is 2.68. The molecule has 0 atom stereocenters. The van der Waals surface area contributed by atoms with E-state index in [0.29, 0.717) is 12.3 Å². The number of nitrogens with two attached hydrogens (primary N) is 1. The lowest BCUT2D eigenvalue weighted by Gasteiger charge is -2.05. The van der Waals surface area contributed by atoms with Crippen LogP contribution in [0.15, 0.2) is 29.7 Å². The molecule has 0 heterocycles. The summed E-state index contributed by atoms with van der Waals surface area (Å²) in [5.74, 6) is 0.717. The number of aliphatic hydroxyl groups excluding tert-OH is 1. The van der Waals surface area contributed by atoms with Crippen LogP contribution in [0.4, 0.5) is 0 Å². The van der Waals surface area contributed by atoms with Crippen molar-refractivity contribution in [2.24, 2.45) is 5.73 Å². The summed E-state index contributed by atoms with van der Waals surface area (Å²) < 4.78 is 5.19. The fraction of sp³-hybridized carbons (Fsp3) is 0.200. The molecular weight excluding hydrogens is 198 g/mol. The normalized spacial score (nSPS) is 11.4. The highest BCUT2D eigenvalue weighted by Crippen LogP contribution is 2.15. The van der Waals surface area contributed by atoms with E-state index in [1.165, 1.54) is 0 Å². The Hall–Kier alpha value is -1.13. The van der Waals surface area contributed by atoms with Gasteiger partial charge in [0.2, 0.25) is 0 Å². The lowest BCUT2D eigenvalue weighted by Crippen LogP contribution is -2.01. The zero-order valence-corrected chi connectivity index (χ0v) is 8.58. The molecule has 0 unspecified atom stereocenters. The van der Waals surface area contributed by atoms with Gasteiger partial charge in [-0.1, -0.05) is 0 Å². The Bertz CT molecular complexity index is 308. The standard InChI is InChI=1S/C10H13NO2S/c11-10(7-14)8-1-3-9(4-2-8)13-6-5-12/h1-4,7,12,14H,5-6,11H2/b10-7-. The van der Waals surface area contributed by atoms with Gasteiger partial charge in [-0.15, -0.1) is 12.6 Å². The Morgan fingerprint density at radius 2 is 2.07 bits per heavy atom. The van der Waals surface area contributed by atoms with E-state index in [0.717, 1.165) is 11.3 Å². The van der Waals surface area contributed by atoms with Crippen molar-refractivity contribution in [3.05, 3.63) is 35.2 Å². The number of hydrogen-bond donors (Lipinski definition) is 3. The van der Waals surface area contributed by atoms with Gasteiger partial charge in [-0.2, -0.15) is 0 Å². The third-order valence-corrected chi connectivity index (χ3v) is 1.96. The number of thiol groups is 1. The van der Waals surface area contributed by atoms with E-state index in [9.17, 15) is 0 Å². The smallest absolute Gasteiger partial charge is 0.119 e. The lowest BCUT2D eigenvalue weighted by molar-refractivity contribution is 0.201. The van der Waals surface area contributed by atoms with Crippen molar-refractivity contribution in [2.75, 3.05) is 13.2 Å². The molecule has 3 nitrogen and oxygen atoms in total. The predicted molar refractivity (Wildman–Crippen MR) is 60.2 cm³/mol. The minimum Gasteiger partial charge on any atom is -0.491 e. The van der Waals surface area contributed by atoms with Gasteiger partial charge in [0.05, 0.1) is 6.61 Å². The van der Waals surface area contributed by atoms with Crippen molar-refractivity contribution < 1.29 is 9.84 Å². The largest absolute Gasteiger partial charge is 0.491 e. The average molecular weight is 211 g/mol. The van der Waals surface area contributed by atoms with Gasteiger partial charge in [0, 0.05) is 5.70 Å². The maximum Gasteiger partial charge on any atom is 0.119 e. The van der Waals surface area contributed by atoms with Gasteiger partial charge in [0.1, 0.15) is 12.4 Å². The molecule has 4 heteroatoms. The molecule has 0 aliphatic rings. The van der Waals surface area contributed by atoms with Crippen molar-refractivity contribution in [3.63, 3.8) is 0 Å². The quantitative estimate of drug-likeness (QED) is 0.657. The summed E-state index contributed by atoms with van der Waals surface area (Å²) in [6.07, 6.45) is 0. The predicted octanol–water partition coefficient (Wildman–Crippen LogP) is 1.24. The zero-order valence-electron chi connectivity index (χ0n) is 7.68. The molecule has 1 aromatic rings. The molecular formula is C10H13NO2S. The molecule has 0 amide bonds. The van der Waals surface area contributed by atoms with Crippen molar-refractivity contribution in [1.82, 2.24) is 0 Å². The van der Waals surface area contributed by atoms with E-state index in [1.807, 2.05) is 12.1 Å². The zero-order chi connectivity index (χ0) is 10.4. The molecule has 14 heavy (non-hydrogen) atoms. The maximum atomic E-state index is 8.54. The fourth-order valence-corrected chi connectivity index (χ4v) is 1.13. The molecule has 0 fully saturated rings. The van der Waals surface area contributed by atoms with E-state index < -0.39 is 0 Å². The summed E-state index contributed by atoms with van der Waals surface area (Å²) in [4.78, 5) is 0. The van der Waals surface area contributed by atoms with Crippen molar-refractivity contribution in [2.45, 2.75) is 0 Å². The lowest BCUT2D eigenvalue weighted by atomic mass is 10.2. The van der Waals surface area contributed by atoms with Gasteiger partial charge >= 0.3 is 0 Å². The third kappa shape index (κ3) is 2.97. The first-order valence-corrected chi connectivity index (χ1v) is 4.73. The van der Waals surface area contributed by atoms with E-state index in [-0.39, 0.29) is 6.61 Å². The highest BCUT2D eigenvalue weighted by molar-refractivity contribution is 7.83. The molecule has 0 aliphatic heterocycles. The monoisotopic (exact) mass is 211 g/mol. The van der Waals surface area contributed by atoms with Crippen LogP contribution in [-0.4, -0.2) is 18.3 Å². The van der Waals surface area contributed by atoms with Crippen LogP contribution >= 0.6 is 12.6 Å². The number of ether oxygens (including phenoxy) is 1. The molecule has 0 aromatic heterocycles. The minimum absolute atomic E-state index is 0.0143. The van der Waals surface area contributed by atoms with Crippen LogP contribution in [-0.2, 0) is 0 Å². The van der Waals surface area contributed by atoms with E-state index >= 15 is 0 Å². The summed E-state index contributed by atoms with van der Waals surface area (Å²) in [5.41, 5.74) is 7.16. The van der Waals surface area contributed by atoms with Crippen LogP contribution in [0.5, 0.6) is 5.75 Å². The Morgan fingerprint density at radius 3 is 2.57 bits per heavy atom.